The minimum atomic E-state index is 0.0306. The number of hydrogen-bond acceptors (Lipinski definition) is 3. The number of amides is 1. The Kier molecular flexibility index (Phi) is 3.26. The Balaban J connectivity index is 1.55. The van der Waals surface area contributed by atoms with E-state index >= 15 is 0 Å². The molecule has 3 N–H and O–H groups in total. The molecule has 3 saturated heterocycles. The molecule has 5 rings (SSSR count). The standard InChI is InChI=1S/C18H21N3O/c19-16-3-1-2-13-10-14(4-5-15(13)16)18(22)20-17-11-21-8-6-12(17)7-9-21/h1-5,10,12,17H,6-9,11,19H2,(H,20,22). The number of benzene rings is 2. The van der Waals surface area contributed by atoms with Gasteiger partial charge in [0.15, 0.2) is 0 Å². The summed E-state index contributed by atoms with van der Waals surface area (Å²) in [5, 5.41) is 5.25. The van der Waals surface area contributed by atoms with Crippen molar-refractivity contribution in [1.29, 1.82) is 0 Å². The van der Waals surface area contributed by atoms with Gasteiger partial charge in [-0.05, 0) is 55.4 Å². The number of nitrogen functional groups attached to an aromatic ring is 1. The number of rotatable bonds is 2. The zero-order chi connectivity index (χ0) is 15.1. The maximum absolute atomic E-state index is 12.6. The van der Waals surface area contributed by atoms with Crippen LogP contribution in [0.3, 0.4) is 0 Å². The number of nitrogens with two attached hydrogens (primary N) is 1. The van der Waals surface area contributed by atoms with Crippen LogP contribution in [-0.4, -0.2) is 36.5 Å². The average molecular weight is 295 g/mol. The molecule has 22 heavy (non-hydrogen) atoms. The van der Waals surface area contributed by atoms with Gasteiger partial charge in [-0.2, -0.15) is 0 Å². The van der Waals surface area contributed by atoms with Gasteiger partial charge in [0.25, 0.3) is 5.91 Å². The summed E-state index contributed by atoms with van der Waals surface area (Å²) >= 11 is 0. The van der Waals surface area contributed by atoms with Crippen molar-refractivity contribution in [2.45, 2.75) is 18.9 Å². The molecule has 2 bridgehead atoms. The van der Waals surface area contributed by atoms with E-state index in [0.29, 0.717) is 12.0 Å². The van der Waals surface area contributed by atoms with Gasteiger partial charge < -0.3 is 16.0 Å². The summed E-state index contributed by atoms with van der Waals surface area (Å²) in [5.41, 5.74) is 7.44. The predicted octanol–water partition coefficient (Wildman–Crippen LogP) is 2.25. The van der Waals surface area contributed by atoms with Crippen molar-refractivity contribution in [1.82, 2.24) is 10.2 Å². The summed E-state index contributed by atoms with van der Waals surface area (Å²) in [6.07, 6.45) is 2.42. The maximum atomic E-state index is 12.6. The summed E-state index contributed by atoms with van der Waals surface area (Å²) in [4.78, 5) is 15.0. The molecule has 0 saturated carbocycles. The molecule has 4 heteroatoms. The van der Waals surface area contributed by atoms with Crippen molar-refractivity contribution in [3.8, 4) is 0 Å². The van der Waals surface area contributed by atoms with E-state index in [1.54, 1.807) is 0 Å². The predicted molar refractivity (Wildman–Crippen MR) is 88.8 cm³/mol. The van der Waals surface area contributed by atoms with Crippen LogP contribution in [0.4, 0.5) is 5.69 Å². The second kappa shape index (κ2) is 5.29. The van der Waals surface area contributed by atoms with Crippen LogP contribution in [0.25, 0.3) is 10.8 Å². The highest BCUT2D eigenvalue weighted by Crippen LogP contribution is 2.28. The van der Waals surface area contributed by atoms with Gasteiger partial charge in [0, 0.05) is 29.2 Å². The normalized spacial score (nSPS) is 27.0. The Morgan fingerprint density at radius 2 is 2.00 bits per heavy atom. The van der Waals surface area contributed by atoms with Crippen molar-refractivity contribution in [2.24, 2.45) is 5.92 Å². The number of anilines is 1. The van der Waals surface area contributed by atoms with E-state index in [1.807, 2.05) is 36.4 Å². The van der Waals surface area contributed by atoms with Crippen LogP contribution in [0.2, 0.25) is 0 Å². The first-order valence-corrected chi connectivity index (χ1v) is 8.02. The van der Waals surface area contributed by atoms with E-state index in [4.69, 9.17) is 5.73 Å². The highest BCUT2D eigenvalue weighted by atomic mass is 16.1. The lowest BCUT2D eigenvalue weighted by Crippen LogP contribution is -2.57. The molecule has 0 aromatic heterocycles. The Morgan fingerprint density at radius 1 is 1.18 bits per heavy atom. The first-order chi connectivity index (χ1) is 10.7. The van der Waals surface area contributed by atoms with Crippen LogP contribution in [0.1, 0.15) is 23.2 Å². The van der Waals surface area contributed by atoms with Crippen molar-refractivity contribution in [3.63, 3.8) is 0 Å². The largest absolute Gasteiger partial charge is 0.398 e. The summed E-state index contributed by atoms with van der Waals surface area (Å²) in [5.74, 6) is 0.674. The molecular formula is C18H21N3O. The third-order valence-electron chi connectivity index (χ3n) is 5.15. The Hall–Kier alpha value is -2.07. The van der Waals surface area contributed by atoms with Crippen LogP contribution in [0.5, 0.6) is 0 Å². The van der Waals surface area contributed by atoms with E-state index in [0.717, 1.165) is 28.6 Å². The van der Waals surface area contributed by atoms with Gasteiger partial charge in [0.2, 0.25) is 0 Å². The summed E-state index contributed by atoms with van der Waals surface area (Å²) in [6.45, 7) is 3.37. The molecule has 3 heterocycles. The monoisotopic (exact) mass is 295 g/mol. The average Bonchev–Trinajstić information content (AvgIpc) is 2.56. The number of carbonyl (C=O) groups excluding carboxylic acids is 1. The SMILES string of the molecule is Nc1cccc2cc(C(=O)NC3CN4CCC3CC4)ccc12. The van der Waals surface area contributed by atoms with Gasteiger partial charge in [0.05, 0.1) is 0 Å². The molecule has 3 aliphatic rings. The molecule has 114 valence electrons. The fourth-order valence-electron chi connectivity index (χ4n) is 3.83. The Bertz CT molecular complexity index is 719. The van der Waals surface area contributed by atoms with Crippen molar-refractivity contribution in [3.05, 3.63) is 42.0 Å². The highest BCUT2D eigenvalue weighted by Gasteiger charge is 2.34. The quantitative estimate of drug-likeness (QED) is 0.835. The Labute approximate surface area is 130 Å². The molecule has 1 atom stereocenters. The molecular weight excluding hydrogens is 274 g/mol. The molecule has 0 spiro atoms. The third-order valence-corrected chi connectivity index (χ3v) is 5.15. The van der Waals surface area contributed by atoms with Crippen molar-refractivity contribution < 1.29 is 4.79 Å². The van der Waals surface area contributed by atoms with E-state index in [-0.39, 0.29) is 5.91 Å². The molecule has 3 aliphatic heterocycles. The fraction of sp³-hybridized carbons (Fsp3) is 0.389. The number of nitrogens with zero attached hydrogens (tertiary/aromatic N) is 1. The van der Waals surface area contributed by atoms with Crippen LogP contribution < -0.4 is 11.1 Å². The number of piperidine rings is 3. The molecule has 0 radical (unpaired) electrons. The van der Waals surface area contributed by atoms with Gasteiger partial charge in [-0.25, -0.2) is 0 Å². The minimum absolute atomic E-state index is 0.0306. The van der Waals surface area contributed by atoms with E-state index < -0.39 is 0 Å². The van der Waals surface area contributed by atoms with E-state index in [9.17, 15) is 4.79 Å². The maximum Gasteiger partial charge on any atom is 0.251 e. The second-order valence-electron chi connectivity index (χ2n) is 6.50. The highest BCUT2D eigenvalue weighted by molar-refractivity contribution is 6.01. The molecule has 2 aromatic rings. The molecule has 1 amide bonds. The first-order valence-electron chi connectivity index (χ1n) is 8.02. The van der Waals surface area contributed by atoms with Gasteiger partial charge in [-0.1, -0.05) is 18.2 Å². The number of carbonyl (C=O) groups is 1. The zero-order valence-electron chi connectivity index (χ0n) is 12.6. The smallest absolute Gasteiger partial charge is 0.251 e. The fourth-order valence-corrected chi connectivity index (χ4v) is 3.83. The van der Waals surface area contributed by atoms with Crippen LogP contribution in [-0.2, 0) is 0 Å². The van der Waals surface area contributed by atoms with Crippen molar-refractivity contribution >= 4 is 22.4 Å². The summed E-state index contributed by atoms with van der Waals surface area (Å²) in [7, 11) is 0. The van der Waals surface area contributed by atoms with Crippen LogP contribution in [0, 0.1) is 5.92 Å². The topological polar surface area (TPSA) is 58.4 Å². The second-order valence-corrected chi connectivity index (χ2v) is 6.50. The summed E-state index contributed by atoms with van der Waals surface area (Å²) < 4.78 is 0. The van der Waals surface area contributed by atoms with Gasteiger partial charge in [-0.15, -0.1) is 0 Å². The molecule has 4 nitrogen and oxygen atoms in total. The van der Waals surface area contributed by atoms with Gasteiger partial charge in [0.1, 0.15) is 0 Å². The molecule has 3 fully saturated rings. The minimum Gasteiger partial charge on any atom is -0.398 e. The summed E-state index contributed by atoms with van der Waals surface area (Å²) in [6, 6.07) is 11.8. The van der Waals surface area contributed by atoms with Gasteiger partial charge >= 0.3 is 0 Å². The molecule has 0 aliphatic carbocycles. The number of nitrogens with one attached hydrogen (secondary N) is 1. The lowest BCUT2D eigenvalue weighted by atomic mass is 9.84. The number of hydrogen-bond donors (Lipinski definition) is 2. The third kappa shape index (κ3) is 2.33. The van der Waals surface area contributed by atoms with Crippen LogP contribution in [0.15, 0.2) is 36.4 Å². The van der Waals surface area contributed by atoms with E-state index in [1.165, 1.54) is 25.9 Å². The lowest BCUT2D eigenvalue weighted by Gasteiger charge is -2.44. The molecule has 2 aromatic carbocycles. The van der Waals surface area contributed by atoms with Gasteiger partial charge in [-0.3, -0.25) is 4.79 Å². The zero-order valence-corrected chi connectivity index (χ0v) is 12.6. The first kappa shape index (κ1) is 13.6. The molecule has 1 unspecified atom stereocenters. The number of fused-ring (bicyclic) bond motifs is 4. The Morgan fingerprint density at radius 3 is 2.73 bits per heavy atom. The van der Waals surface area contributed by atoms with E-state index in [2.05, 4.69) is 10.2 Å². The van der Waals surface area contributed by atoms with Crippen molar-refractivity contribution in [2.75, 3.05) is 25.4 Å². The lowest BCUT2D eigenvalue weighted by molar-refractivity contribution is 0.0620. The van der Waals surface area contributed by atoms with Crippen LogP contribution >= 0.6 is 0 Å².